The summed E-state index contributed by atoms with van der Waals surface area (Å²) in [5.41, 5.74) is 0. The second-order valence-electron chi connectivity index (χ2n) is 6.82. The van der Waals surface area contributed by atoms with Gasteiger partial charge in [-0.15, -0.1) is 0 Å². The normalized spacial score (nSPS) is 44.1. The highest BCUT2D eigenvalue weighted by molar-refractivity contribution is 5.73. The highest BCUT2D eigenvalue weighted by Crippen LogP contribution is 2.30. The van der Waals surface area contributed by atoms with Gasteiger partial charge in [-0.2, -0.15) is 0 Å². The lowest BCUT2D eigenvalue weighted by molar-refractivity contribution is -0.327. The summed E-state index contributed by atoms with van der Waals surface area (Å²) >= 11 is 0. The van der Waals surface area contributed by atoms with E-state index in [1.165, 1.54) is 6.92 Å². The summed E-state index contributed by atoms with van der Waals surface area (Å²) < 4.78 is 21.2. The molecule has 2 aliphatic rings. The first kappa shape index (κ1) is 22.9. The molecule has 10 atom stereocenters. The Bertz CT molecular complexity index is 561. The second kappa shape index (κ2) is 9.41. The number of carbonyl (C=O) groups is 2. The summed E-state index contributed by atoms with van der Waals surface area (Å²) in [6, 6.07) is -0.897. The summed E-state index contributed by atoms with van der Waals surface area (Å²) in [5, 5.41) is 52.2. The lowest BCUT2D eigenvalue weighted by atomic mass is 9.92. The molecule has 2 saturated heterocycles. The monoisotopic (exact) mass is 409 g/mol. The molecule has 0 saturated carbocycles. The molecule has 0 aliphatic carbocycles. The molecule has 0 aromatic carbocycles. The Morgan fingerprint density at radius 3 is 2.21 bits per heavy atom. The molecule has 0 aromatic rings. The van der Waals surface area contributed by atoms with E-state index in [0.29, 0.717) is 0 Å². The summed E-state index contributed by atoms with van der Waals surface area (Å²) in [5.74, 6) is -1.89. The molecule has 0 spiro atoms. The van der Waals surface area contributed by atoms with Gasteiger partial charge < -0.3 is 49.8 Å². The molecule has 6 N–H and O–H groups in total. The van der Waals surface area contributed by atoms with Crippen molar-refractivity contribution in [3.63, 3.8) is 0 Å². The molecule has 28 heavy (non-hydrogen) atoms. The van der Waals surface area contributed by atoms with Crippen molar-refractivity contribution in [1.29, 1.82) is 0 Å². The molecule has 9 unspecified atom stereocenters. The third kappa shape index (κ3) is 4.60. The number of aliphatic carboxylic acids is 1. The smallest absolute Gasteiger partial charge is 0.335 e. The van der Waals surface area contributed by atoms with Crippen molar-refractivity contribution in [2.24, 2.45) is 0 Å². The second-order valence-corrected chi connectivity index (χ2v) is 6.82. The Morgan fingerprint density at radius 1 is 1.07 bits per heavy atom. The number of hydrogen-bond acceptors (Lipinski definition) is 10. The minimum absolute atomic E-state index is 0.447. The molecule has 12 heteroatoms. The Balaban J connectivity index is 2.26. The lowest BCUT2D eigenvalue weighted by Gasteiger charge is -2.47. The molecule has 2 aliphatic heterocycles. The molecule has 1 amide bonds. The van der Waals surface area contributed by atoms with Crippen LogP contribution in [0.1, 0.15) is 13.8 Å². The minimum atomic E-state index is -1.70. The number of carbonyl (C=O) groups excluding carboxylic acids is 1. The van der Waals surface area contributed by atoms with Gasteiger partial charge in [0.15, 0.2) is 12.4 Å². The van der Waals surface area contributed by atoms with E-state index < -0.39 is 79.6 Å². The van der Waals surface area contributed by atoms with Gasteiger partial charge in [0.05, 0.1) is 18.8 Å². The summed E-state index contributed by atoms with van der Waals surface area (Å²) in [4.78, 5) is 23.0. The number of amides is 1. The Labute approximate surface area is 160 Å². The molecule has 2 fully saturated rings. The van der Waals surface area contributed by atoms with E-state index in [2.05, 4.69) is 5.32 Å². The first-order chi connectivity index (χ1) is 13.1. The van der Waals surface area contributed by atoms with Crippen LogP contribution in [0.25, 0.3) is 0 Å². The van der Waals surface area contributed by atoms with E-state index in [0.717, 1.165) is 7.11 Å². The van der Waals surface area contributed by atoms with E-state index in [4.69, 9.17) is 18.9 Å². The number of ether oxygens (including phenoxy) is 4. The van der Waals surface area contributed by atoms with E-state index in [9.17, 15) is 35.1 Å². The predicted molar refractivity (Wildman–Crippen MR) is 89.0 cm³/mol. The first-order valence-electron chi connectivity index (χ1n) is 8.76. The van der Waals surface area contributed by atoms with E-state index in [1.807, 2.05) is 0 Å². The molecular weight excluding hydrogens is 382 g/mol. The van der Waals surface area contributed by atoms with Gasteiger partial charge >= 0.3 is 5.97 Å². The molecule has 0 radical (unpaired) electrons. The van der Waals surface area contributed by atoms with Crippen molar-refractivity contribution in [2.45, 2.75) is 75.0 Å². The van der Waals surface area contributed by atoms with Crippen molar-refractivity contribution in [3.8, 4) is 0 Å². The van der Waals surface area contributed by atoms with E-state index >= 15 is 0 Å². The maximum Gasteiger partial charge on any atom is 0.335 e. The van der Waals surface area contributed by atoms with Crippen molar-refractivity contribution in [1.82, 2.24) is 5.32 Å². The molecule has 0 bridgehead atoms. The number of carboxylic acid groups (broad SMARTS) is 1. The van der Waals surface area contributed by atoms with E-state index in [1.54, 1.807) is 6.92 Å². The molecule has 12 nitrogen and oxygen atoms in total. The van der Waals surface area contributed by atoms with Crippen LogP contribution < -0.4 is 5.32 Å². The number of hydrogen-bond donors (Lipinski definition) is 6. The summed E-state index contributed by atoms with van der Waals surface area (Å²) in [7, 11) is 1.16. The standard InChI is InChI=1S/C16H27NO11/c1-5-8(17-6(2)19)12(9(20)7(4-18)26-5)27-16-11(22)10(21)13(25-3)14(28-16)15(23)24/h5,7-14,16,18,20-22H,4H2,1-3H3,(H,17,19)(H,23,24)/t5-,7?,8?,9?,10?,11?,12?,13?,14?,16?/m1/s1. The van der Waals surface area contributed by atoms with Crippen molar-refractivity contribution >= 4 is 11.9 Å². The van der Waals surface area contributed by atoms with Gasteiger partial charge in [-0.25, -0.2) is 4.79 Å². The molecule has 0 aromatic heterocycles. The van der Waals surface area contributed by atoms with Crippen molar-refractivity contribution in [3.05, 3.63) is 0 Å². The van der Waals surface area contributed by atoms with Gasteiger partial charge in [0, 0.05) is 14.0 Å². The van der Waals surface area contributed by atoms with Crippen LogP contribution in [0.2, 0.25) is 0 Å². The largest absolute Gasteiger partial charge is 0.479 e. The lowest BCUT2D eigenvalue weighted by Crippen LogP contribution is -2.67. The Kier molecular flexibility index (Phi) is 7.70. The zero-order valence-electron chi connectivity index (χ0n) is 15.7. The zero-order valence-corrected chi connectivity index (χ0v) is 15.7. The van der Waals surface area contributed by atoms with Gasteiger partial charge in [0.25, 0.3) is 0 Å². The minimum Gasteiger partial charge on any atom is -0.479 e. The maximum atomic E-state index is 11.5. The third-order valence-corrected chi connectivity index (χ3v) is 4.87. The van der Waals surface area contributed by atoms with Gasteiger partial charge in [-0.1, -0.05) is 0 Å². The number of aliphatic hydroxyl groups excluding tert-OH is 4. The quantitative estimate of drug-likeness (QED) is 0.256. The zero-order chi connectivity index (χ0) is 21.2. The SMILES string of the molecule is COC1C(C(=O)O)OC(OC2C(O)C(CO)O[C@H](C)C2NC(C)=O)C(O)C1O. The van der Waals surface area contributed by atoms with Gasteiger partial charge in [0.2, 0.25) is 5.91 Å². The first-order valence-corrected chi connectivity index (χ1v) is 8.76. The number of nitrogens with one attached hydrogen (secondary N) is 1. The highest BCUT2D eigenvalue weighted by atomic mass is 16.7. The molecule has 2 heterocycles. The van der Waals surface area contributed by atoms with Gasteiger partial charge in [-0.3, -0.25) is 4.79 Å². The number of rotatable bonds is 6. The highest BCUT2D eigenvalue weighted by Gasteiger charge is 2.52. The number of methoxy groups -OCH3 is 1. The fourth-order valence-corrected chi connectivity index (χ4v) is 3.45. The topological polar surface area (TPSA) is 184 Å². The van der Waals surface area contributed by atoms with Crippen LogP contribution in [0.15, 0.2) is 0 Å². The molecule has 162 valence electrons. The fraction of sp³-hybridized carbons (Fsp3) is 0.875. The van der Waals surface area contributed by atoms with Crippen LogP contribution in [-0.4, -0.2) is 112 Å². The van der Waals surface area contributed by atoms with Crippen LogP contribution in [0.4, 0.5) is 0 Å². The van der Waals surface area contributed by atoms with Crippen LogP contribution in [-0.2, 0) is 28.5 Å². The maximum absolute atomic E-state index is 11.5. The average molecular weight is 409 g/mol. The third-order valence-electron chi connectivity index (χ3n) is 4.87. The summed E-state index contributed by atoms with van der Waals surface area (Å²) in [6.07, 6.45) is -12.4. The summed E-state index contributed by atoms with van der Waals surface area (Å²) in [6.45, 7) is 2.28. The van der Waals surface area contributed by atoms with Crippen LogP contribution in [0.3, 0.4) is 0 Å². The Hall–Kier alpha value is -1.38. The van der Waals surface area contributed by atoms with Crippen LogP contribution >= 0.6 is 0 Å². The Morgan fingerprint density at radius 2 is 1.71 bits per heavy atom. The van der Waals surface area contributed by atoms with Crippen molar-refractivity contribution < 1.29 is 54.1 Å². The van der Waals surface area contributed by atoms with Gasteiger partial charge in [0.1, 0.15) is 36.6 Å². The average Bonchev–Trinajstić information content (AvgIpc) is 2.63. The number of carboxylic acids is 1. The molecule has 2 rings (SSSR count). The van der Waals surface area contributed by atoms with Crippen LogP contribution in [0, 0.1) is 0 Å². The van der Waals surface area contributed by atoms with Gasteiger partial charge in [-0.05, 0) is 6.92 Å². The molecular formula is C16H27NO11. The number of aliphatic hydroxyl groups is 4. The fourth-order valence-electron chi connectivity index (χ4n) is 3.45. The predicted octanol–water partition coefficient (Wildman–Crippen LogP) is -3.44. The van der Waals surface area contributed by atoms with E-state index in [-0.39, 0.29) is 0 Å². The van der Waals surface area contributed by atoms with Crippen LogP contribution in [0.5, 0.6) is 0 Å². The van der Waals surface area contributed by atoms with Crippen molar-refractivity contribution in [2.75, 3.05) is 13.7 Å².